The Bertz CT molecular complexity index is 895. The van der Waals surface area contributed by atoms with E-state index in [4.69, 9.17) is 15.5 Å². The molecule has 2 N–H and O–H groups in total. The number of rotatable bonds is 3. The van der Waals surface area contributed by atoms with E-state index in [-0.39, 0.29) is 17.6 Å². The van der Waals surface area contributed by atoms with Crippen LogP contribution in [0.2, 0.25) is 0 Å². The van der Waals surface area contributed by atoms with Gasteiger partial charge in [-0.05, 0) is 36.8 Å². The number of hydrogen-bond donors (Lipinski definition) is 1. The molecule has 2 aliphatic rings. The van der Waals surface area contributed by atoms with E-state index >= 15 is 0 Å². The van der Waals surface area contributed by atoms with Gasteiger partial charge < -0.3 is 10.5 Å². The fourth-order valence-corrected chi connectivity index (χ4v) is 4.21. The van der Waals surface area contributed by atoms with Gasteiger partial charge in [-0.15, -0.1) is 0 Å². The van der Waals surface area contributed by atoms with E-state index in [1.165, 1.54) is 11.8 Å². The van der Waals surface area contributed by atoms with Gasteiger partial charge in [0.15, 0.2) is 11.0 Å². The highest BCUT2D eigenvalue weighted by molar-refractivity contribution is 7.98. The number of aliphatic imine (C=N–C) groups is 1. The van der Waals surface area contributed by atoms with E-state index in [9.17, 15) is 4.79 Å². The Labute approximate surface area is 156 Å². The molecular formula is C19H20N4O2S. The SMILES string of the molecule is COc1ccc(C2c3c(N)nc(SC)nc3N=C3CCCC(=O)C32)cc1. The van der Waals surface area contributed by atoms with E-state index in [1.54, 1.807) is 7.11 Å². The molecule has 4 rings (SSSR count). The van der Waals surface area contributed by atoms with E-state index in [2.05, 4.69) is 9.97 Å². The Morgan fingerprint density at radius 3 is 2.62 bits per heavy atom. The lowest BCUT2D eigenvalue weighted by Crippen LogP contribution is -2.37. The number of hydrogen-bond acceptors (Lipinski definition) is 7. The fraction of sp³-hybridized carbons (Fsp3) is 0.368. The first kappa shape index (κ1) is 17.0. The third kappa shape index (κ3) is 2.76. The Balaban J connectivity index is 1.92. The van der Waals surface area contributed by atoms with Crippen LogP contribution in [0.3, 0.4) is 0 Å². The summed E-state index contributed by atoms with van der Waals surface area (Å²) in [4.78, 5) is 26.5. The molecular weight excluding hydrogens is 348 g/mol. The van der Waals surface area contributed by atoms with Crippen LogP contribution in [-0.4, -0.2) is 34.8 Å². The minimum Gasteiger partial charge on any atom is -0.497 e. The number of nitrogens with zero attached hydrogens (tertiary/aromatic N) is 3. The van der Waals surface area contributed by atoms with Crippen LogP contribution in [0.1, 0.15) is 36.3 Å². The molecule has 0 amide bonds. The zero-order valence-corrected chi connectivity index (χ0v) is 15.5. The minimum atomic E-state index is -0.282. The molecule has 6 nitrogen and oxygen atoms in total. The second-order valence-electron chi connectivity index (χ2n) is 6.48. The van der Waals surface area contributed by atoms with Crippen LogP contribution in [-0.2, 0) is 4.79 Å². The lowest BCUT2D eigenvalue weighted by atomic mass is 9.70. The van der Waals surface area contributed by atoms with E-state index in [1.807, 2.05) is 30.5 Å². The van der Waals surface area contributed by atoms with Gasteiger partial charge in [-0.3, -0.25) is 4.79 Å². The maximum Gasteiger partial charge on any atom is 0.191 e. The average molecular weight is 368 g/mol. The van der Waals surface area contributed by atoms with Crippen molar-refractivity contribution in [2.75, 3.05) is 19.1 Å². The second-order valence-corrected chi connectivity index (χ2v) is 7.26. The second kappa shape index (κ2) is 6.72. The summed E-state index contributed by atoms with van der Waals surface area (Å²) in [6.45, 7) is 0. The number of methoxy groups -OCH3 is 1. The summed E-state index contributed by atoms with van der Waals surface area (Å²) in [6.07, 6.45) is 4.15. The van der Waals surface area contributed by atoms with Gasteiger partial charge in [-0.1, -0.05) is 23.9 Å². The predicted molar refractivity (Wildman–Crippen MR) is 103 cm³/mol. The molecule has 0 bridgehead atoms. The van der Waals surface area contributed by atoms with Gasteiger partial charge in [-0.25, -0.2) is 15.0 Å². The summed E-state index contributed by atoms with van der Waals surface area (Å²) >= 11 is 1.43. The number of aromatic nitrogens is 2. The number of nitrogens with two attached hydrogens (primary N) is 1. The smallest absolute Gasteiger partial charge is 0.191 e. The molecule has 1 aromatic carbocycles. The third-order valence-corrected chi connectivity index (χ3v) is 5.60. The summed E-state index contributed by atoms with van der Waals surface area (Å²) in [5.41, 5.74) is 8.98. The number of carbonyl (C=O) groups excluding carboxylic acids is 1. The van der Waals surface area contributed by atoms with Crippen molar-refractivity contribution in [3.63, 3.8) is 0 Å². The number of Topliss-reactive ketones (excluding diaryl/α,β-unsaturated/α-hetero) is 1. The fourth-order valence-electron chi connectivity index (χ4n) is 3.85. The number of nitrogen functional groups attached to an aromatic ring is 1. The Kier molecular flexibility index (Phi) is 4.40. The quantitative estimate of drug-likeness (QED) is 0.660. The number of carbonyl (C=O) groups is 1. The number of fused-ring (bicyclic) bond motifs is 2. The highest BCUT2D eigenvalue weighted by atomic mass is 32.2. The van der Waals surface area contributed by atoms with Crippen molar-refractivity contribution in [1.29, 1.82) is 0 Å². The molecule has 1 saturated carbocycles. The average Bonchev–Trinajstić information content (AvgIpc) is 2.66. The van der Waals surface area contributed by atoms with Crippen molar-refractivity contribution in [1.82, 2.24) is 9.97 Å². The van der Waals surface area contributed by atoms with Gasteiger partial charge in [0, 0.05) is 23.6 Å². The summed E-state index contributed by atoms with van der Waals surface area (Å²) in [5, 5.41) is 0.597. The maximum atomic E-state index is 12.8. The molecule has 26 heavy (non-hydrogen) atoms. The number of anilines is 1. The molecule has 1 aromatic heterocycles. The first-order valence-corrected chi connectivity index (χ1v) is 9.80. The van der Waals surface area contributed by atoms with Crippen LogP contribution in [0.15, 0.2) is 34.4 Å². The standard InChI is InChI=1S/C19H20N4O2S/c1-25-11-8-6-10(7-9-11)14-15-12(4-3-5-13(15)24)21-18-16(14)17(20)22-19(23-18)26-2/h6-9,14-15H,3-5H2,1-2H3,(H2,20,22,23). The van der Waals surface area contributed by atoms with Crippen molar-refractivity contribution < 1.29 is 9.53 Å². The number of ether oxygens (including phenoxy) is 1. The maximum absolute atomic E-state index is 12.8. The molecule has 1 aliphatic carbocycles. The first-order chi connectivity index (χ1) is 12.6. The summed E-state index contributed by atoms with van der Waals surface area (Å²) in [5.74, 6) is 1.51. The molecule has 1 aliphatic heterocycles. The van der Waals surface area contributed by atoms with E-state index in [0.29, 0.717) is 23.2 Å². The van der Waals surface area contributed by atoms with Crippen molar-refractivity contribution in [3.8, 4) is 5.75 Å². The van der Waals surface area contributed by atoms with Crippen LogP contribution >= 0.6 is 11.8 Å². The summed E-state index contributed by atoms with van der Waals surface area (Å²) < 4.78 is 5.26. The largest absolute Gasteiger partial charge is 0.497 e. The van der Waals surface area contributed by atoms with Gasteiger partial charge in [0.25, 0.3) is 0 Å². The molecule has 2 atom stereocenters. The van der Waals surface area contributed by atoms with Crippen LogP contribution in [0, 0.1) is 5.92 Å². The normalized spacial score (nSPS) is 21.6. The van der Waals surface area contributed by atoms with Crippen molar-refractivity contribution >= 4 is 34.9 Å². The monoisotopic (exact) mass is 368 g/mol. The molecule has 2 unspecified atom stereocenters. The minimum absolute atomic E-state index is 0.202. The highest BCUT2D eigenvalue weighted by Crippen LogP contribution is 2.47. The molecule has 0 radical (unpaired) electrons. The van der Waals surface area contributed by atoms with Crippen LogP contribution in [0.5, 0.6) is 5.75 Å². The zero-order chi connectivity index (χ0) is 18.3. The Morgan fingerprint density at radius 2 is 1.92 bits per heavy atom. The van der Waals surface area contributed by atoms with Crippen molar-refractivity contribution in [3.05, 3.63) is 35.4 Å². The van der Waals surface area contributed by atoms with Crippen molar-refractivity contribution in [2.24, 2.45) is 10.9 Å². The zero-order valence-electron chi connectivity index (χ0n) is 14.7. The first-order valence-electron chi connectivity index (χ1n) is 8.58. The lowest BCUT2D eigenvalue weighted by molar-refractivity contribution is -0.121. The number of thioether (sulfide) groups is 1. The third-order valence-electron chi connectivity index (χ3n) is 5.05. The molecule has 1 fully saturated rings. The molecule has 0 saturated heterocycles. The summed E-state index contributed by atoms with van der Waals surface area (Å²) in [7, 11) is 1.64. The number of ketones is 1. The van der Waals surface area contributed by atoms with Gasteiger partial charge >= 0.3 is 0 Å². The van der Waals surface area contributed by atoms with Gasteiger partial charge in [0.2, 0.25) is 0 Å². The lowest BCUT2D eigenvalue weighted by Gasteiger charge is -2.35. The highest BCUT2D eigenvalue weighted by Gasteiger charge is 2.42. The molecule has 2 heterocycles. The van der Waals surface area contributed by atoms with Crippen molar-refractivity contribution in [2.45, 2.75) is 30.3 Å². The Hall–Kier alpha value is -2.41. The van der Waals surface area contributed by atoms with Crippen LogP contribution in [0.4, 0.5) is 11.6 Å². The molecule has 134 valence electrons. The molecule has 0 spiro atoms. The van der Waals surface area contributed by atoms with Crippen LogP contribution < -0.4 is 10.5 Å². The molecule has 2 aromatic rings. The Morgan fingerprint density at radius 1 is 1.15 bits per heavy atom. The summed E-state index contributed by atoms with van der Waals surface area (Å²) in [6, 6.07) is 7.78. The predicted octanol–water partition coefficient (Wildman–Crippen LogP) is 3.38. The van der Waals surface area contributed by atoms with Gasteiger partial charge in [0.1, 0.15) is 17.4 Å². The molecule has 7 heteroatoms. The van der Waals surface area contributed by atoms with Gasteiger partial charge in [-0.2, -0.15) is 0 Å². The van der Waals surface area contributed by atoms with Gasteiger partial charge in [0.05, 0.1) is 13.0 Å². The number of benzene rings is 1. The van der Waals surface area contributed by atoms with E-state index < -0.39 is 0 Å². The van der Waals surface area contributed by atoms with Crippen LogP contribution in [0.25, 0.3) is 0 Å². The topological polar surface area (TPSA) is 90.5 Å². The van der Waals surface area contributed by atoms with E-state index in [0.717, 1.165) is 35.4 Å².